The molecule has 0 fully saturated rings. The van der Waals surface area contributed by atoms with Crippen molar-refractivity contribution in [3.8, 4) is 6.07 Å². The van der Waals surface area contributed by atoms with Crippen molar-refractivity contribution in [3.05, 3.63) is 81.8 Å². The quantitative estimate of drug-likeness (QED) is 0.747. The first-order valence-electron chi connectivity index (χ1n) is 10.4. The van der Waals surface area contributed by atoms with Gasteiger partial charge < -0.3 is 11.1 Å². The van der Waals surface area contributed by atoms with Crippen molar-refractivity contribution in [2.45, 2.75) is 38.5 Å². The molecule has 3 aliphatic rings. The molecule has 1 aliphatic carbocycles. The number of amides is 1. The Balaban J connectivity index is 1.89. The van der Waals surface area contributed by atoms with Crippen molar-refractivity contribution >= 4 is 23.1 Å². The molecule has 6 heteroatoms. The Labute approximate surface area is 180 Å². The van der Waals surface area contributed by atoms with Crippen LogP contribution in [0.5, 0.6) is 0 Å². The van der Waals surface area contributed by atoms with Crippen LogP contribution in [0.15, 0.2) is 65.1 Å². The van der Waals surface area contributed by atoms with Crippen LogP contribution >= 0.6 is 0 Å². The number of nitriles is 1. The molecule has 2 aliphatic heterocycles. The van der Waals surface area contributed by atoms with Crippen molar-refractivity contribution in [1.29, 1.82) is 5.26 Å². The SMILES string of the molecule is Cc1cc(C)cc(N2C(N)=C(C#N)[C@]3(C(=O)Nc4ccccc43)C3=C2CCCC3=O)c1. The summed E-state index contributed by atoms with van der Waals surface area (Å²) in [7, 11) is 0. The first-order valence-corrected chi connectivity index (χ1v) is 10.4. The predicted octanol–water partition coefficient (Wildman–Crippen LogP) is 3.71. The number of hydrogen-bond acceptors (Lipinski definition) is 5. The van der Waals surface area contributed by atoms with Gasteiger partial charge in [0.25, 0.3) is 0 Å². The van der Waals surface area contributed by atoms with Crippen LogP contribution in [0.25, 0.3) is 0 Å². The summed E-state index contributed by atoms with van der Waals surface area (Å²) in [5.41, 5.74) is 10.5. The minimum absolute atomic E-state index is 0.100. The summed E-state index contributed by atoms with van der Waals surface area (Å²) < 4.78 is 0. The number of fused-ring (bicyclic) bond motifs is 3. The van der Waals surface area contributed by atoms with E-state index in [2.05, 4.69) is 17.5 Å². The van der Waals surface area contributed by atoms with Crippen LogP contribution in [0.2, 0.25) is 0 Å². The van der Waals surface area contributed by atoms with E-state index in [-0.39, 0.29) is 17.2 Å². The van der Waals surface area contributed by atoms with Gasteiger partial charge in [-0.05, 0) is 56.0 Å². The molecule has 31 heavy (non-hydrogen) atoms. The number of rotatable bonds is 1. The summed E-state index contributed by atoms with van der Waals surface area (Å²) in [5.74, 6) is -0.299. The fraction of sp³-hybridized carbons (Fsp3) is 0.240. The minimum atomic E-state index is -1.50. The van der Waals surface area contributed by atoms with Gasteiger partial charge in [-0.25, -0.2) is 0 Å². The molecule has 6 nitrogen and oxygen atoms in total. The molecule has 0 bridgehead atoms. The van der Waals surface area contributed by atoms with Gasteiger partial charge in [-0.15, -0.1) is 0 Å². The number of anilines is 2. The van der Waals surface area contributed by atoms with Crippen molar-refractivity contribution in [3.63, 3.8) is 0 Å². The molecule has 0 saturated heterocycles. The number of carbonyl (C=O) groups is 2. The number of benzene rings is 2. The van der Waals surface area contributed by atoms with Gasteiger partial charge in [0.05, 0.1) is 5.57 Å². The van der Waals surface area contributed by atoms with Gasteiger partial charge in [0, 0.05) is 34.6 Å². The second-order valence-electron chi connectivity index (χ2n) is 8.40. The average molecular weight is 410 g/mol. The number of para-hydroxylation sites is 1. The second-order valence-corrected chi connectivity index (χ2v) is 8.40. The molecule has 2 aromatic carbocycles. The van der Waals surface area contributed by atoms with E-state index < -0.39 is 11.3 Å². The maximum atomic E-state index is 13.5. The summed E-state index contributed by atoms with van der Waals surface area (Å²) in [4.78, 5) is 28.7. The number of nitrogens with zero attached hydrogens (tertiary/aromatic N) is 2. The standard InChI is InChI=1S/C25H22N4O2/c1-14-10-15(2)12-16(11-14)29-20-8-5-9-21(30)22(20)25(18(13-26)23(29)27)17-6-3-4-7-19(17)28-24(25)31/h3-4,6-7,10-12H,5,8-9,27H2,1-2H3,(H,28,31)/t25-/m0/s1. The van der Waals surface area contributed by atoms with Gasteiger partial charge in [-0.3, -0.25) is 14.5 Å². The smallest absolute Gasteiger partial charge is 0.245 e. The highest BCUT2D eigenvalue weighted by Gasteiger charge is 2.59. The first kappa shape index (κ1) is 19.1. The summed E-state index contributed by atoms with van der Waals surface area (Å²) >= 11 is 0. The Kier molecular flexibility index (Phi) is 4.06. The third kappa shape index (κ3) is 2.43. The van der Waals surface area contributed by atoms with Gasteiger partial charge in [-0.1, -0.05) is 24.3 Å². The van der Waals surface area contributed by atoms with Gasteiger partial charge in [0.1, 0.15) is 17.3 Å². The van der Waals surface area contributed by atoms with Gasteiger partial charge in [-0.2, -0.15) is 5.26 Å². The molecule has 2 heterocycles. The Morgan fingerprint density at radius 1 is 1.10 bits per heavy atom. The van der Waals surface area contributed by atoms with E-state index in [9.17, 15) is 14.9 Å². The molecule has 0 radical (unpaired) electrons. The lowest BCUT2D eigenvalue weighted by Crippen LogP contribution is -2.50. The van der Waals surface area contributed by atoms with Crippen LogP contribution in [0.4, 0.5) is 11.4 Å². The third-order valence-electron chi connectivity index (χ3n) is 6.40. The number of aryl methyl sites for hydroxylation is 2. The van der Waals surface area contributed by atoms with E-state index in [1.807, 2.05) is 43.0 Å². The van der Waals surface area contributed by atoms with Crippen molar-refractivity contribution in [1.82, 2.24) is 0 Å². The molecule has 2 aromatic rings. The van der Waals surface area contributed by atoms with Gasteiger partial charge in [0.15, 0.2) is 5.78 Å². The van der Waals surface area contributed by atoms with Crippen LogP contribution in [0.3, 0.4) is 0 Å². The fourth-order valence-electron chi connectivity index (χ4n) is 5.32. The number of ketones is 1. The van der Waals surface area contributed by atoms with Crippen LogP contribution in [0, 0.1) is 25.2 Å². The van der Waals surface area contributed by atoms with E-state index in [4.69, 9.17) is 5.73 Å². The molecule has 1 spiro atoms. The largest absolute Gasteiger partial charge is 0.384 e. The zero-order chi connectivity index (χ0) is 21.9. The summed E-state index contributed by atoms with van der Waals surface area (Å²) in [6.07, 6.45) is 1.62. The molecular formula is C25H22N4O2. The van der Waals surface area contributed by atoms with E-state index >= 15 is 0 Å². The zero-order valence-electron chi connectivity index (χ0n) is 17.5. The highest BCUT2D eigenvalue weighted by molar-refractivity contribution is 6.19. The number of carbonyl (C=O) groups excluding carboxylic acids is 2. The lowest BCUT2D eigenvalue weighted by molar-refractivity contribution is -0.122. The molecule has 3 N–H and O–H groups in total. The van der Waals surface area contributed by atoms with Crippen LogP contribution in [-0.4, -0.2) is 11.7 Å². The summed E-state index contributed by atoms with van der Waals surface area (Å²) in [5, 5.41) is 13.1. The normalized spacial score (nSPS) is 22.4. The lowest BCUT2D eigenvalue weighted by Gasteiger charge is -2.43. The fourth-order valence-corrected chi connectivity index (χ4v) is 5.32. The van der Waals surface area contributed by atoms with E-state index in [0.29, 0.717) is 41.8 Å². The van der Waals surface area contributed by atoms with Gasteiger partial charge in [0.2, 0.25) is 5.91 Å². The molecule has 0 saturated carbocycles. The Morgan fingerprint density at radius 3 is 2.52 bits per heavy atom. The number of nitrogens with two attached hydrogens (primary N) is 1. The van der Waals surface area contributed by atoms with E-state index in [0.717, 1.165) is 16.8 Å². The molecule has 5 rings (SSSR count). The number of Topliss-reactive ketones (excluding diaryl/α,β-unsaturated/α-hetero) is 1. The number of allylic oxidation sites excluding steroid dienone is 1. The van der Waals surface area contributed by atoms with E-state index in [1.54, 1.807) is 12.1 Å². The predicted molar refractivity (Wildman–Crippen MR) is 118 cm³/mol. The molecule has 1 atom stereocenters. The highest BCUT2D eigenvalue weighted by atomic mass is 16.2. The molecular weight excluding hydrogens is 388 g/mol. The number of hydrogen-bond donors (Lipinski definition) is 2. The maximum Gasteiger partial charge on any atom is 0.245 e. The van der Waals surface area contributed by atoms with Crippen LogP contribution in [-0.2, 0) is 15.0 Å². The van der Waals surface area contributed by atoms with E-state index in [1.165, 1.54) is 0 Å². The molecule has 1 amide bonds. The average Bonchev–Trinajstić information content (AvgIpc) is 3.00. The van der Waals surface area contributed by atoms with Gasteiger partial charge >= 0.3 is 0 Å². The summed E-state index contributed by atoms with van der Waals surface area (Å²) in [6, 6.07) is 15.5. The van der Waals surface area contributed by atoms with Crippen molar-refractivity contribution in [2.75, 3.05) is 10.2 Å². The number of nitrogens with one attached hydrogen (secondary N) is 1. The Hall–Kier alpha value is -3.85. The summed E-state index contributed by atoms with van der Waals surface area (Å²) in [6.45, 7) is 3.99. The van der Waals surface area contributed by atoms with Crippen molar-refractivity contribution < 1.29 is 9.59 Å². The second kappa shape index (κ2) is 6.58. The Bertz CT molecular complexity index is 1260. The Morgan fingerprint density at radius 2 is 1.81 bits per heavy atom. The maximum absolute atomic E-state index is 13.5. The topological polar surface area (TPSA) is 99.2 Å². The highest BCUT2D eigenvalue weighted by Crippen LogP contribution is 2.55. The first-order chi connectivity index (χ1) is 14.9. The zero-order valence-corrected chi connectivity index (χ0v) is 17.5. The molecule has 0 unspecified atom stereocenters. The monoisotopic (exact) mass is 410 g/mol. The van der Waals surface area contributed by atoms with Crippen LogP contribution in [0.1, 0.15) is 36.0 Å². The third-order valence-corrected chi connectivity index (χ3v) is 6.40. The lowest BCUT2D eigenvalue weighted by atomic mass is 9.64. The molecule has 154 valence electrons. The van der Waals surface area contributed by atoms with Crippen LogP contribution < -0.4 is 16.0 Å². The van der Waals surface area contributed by atoms with Crippen molar-refractivity contribution in [2.24, 2.45) is 5.73 Å². The minimum Gasteiger partial charge on any atom is -0.384 e. The molecule has 0 aromatic heterocycles.